The molecule has 0 aromatic heterocycles. The van der Waals surface area contributed by atoms with Gasteiger partial charge in [-0.05, 0) is 29.8 Å². The zero-order chi connectivity index (χ0) is 11.2. The Morgan fingerprint density at radius 1 is 0.812 bits per heavy atom. The van der Waals surface area contributed by atoms with Crippen LogP contribution < -0.4 is 4.74 Å². The fourth-order valence-corrected chi connectivity index (χ4v) is 1.40. The molecular weight excluding hydrogens is 200 g/mol. The van der Waals surface area contributed by atoms with E-state index in [1.165, 1.54) is 0 Å². The molecule has 0 atom stereocenters. The lowest BCUT2D eigenvalue weighted by molar-refractivity contribution is 0.229. The maximum Gasteiger partial charge on any atom is 0.127 e. The molecule has 0 aliphatic heterocycles. The molecule has 2 nitrogen and oxygen atoms in total. The molecule has 0 aliphatic carbocycles. The predicted molar refractivity (Wildman–Crippen MR) is 63.1 cm³/mol. The number of rotatable bonds is 4. The Hall–Kier alpha value is -1.80. The van der Waals surface area contributed by atoms with Gasteiger partial charge >= 0.3 is 0 Å². The van der Waals surface area contributed by atoms with Crippen molar-refractivity contribution in [2.24, 2.45) is 0 Å². The van der Waals surface area contributed by atoms with Gasteiger partial charge in [-0.15, -0.1) is 0 Å². The molecule has 0 unspecified atom stereocenters. The van der Waals surface area contributed by atoms with E-state index < -0.39 is 0 Å². The summed E-state index contributed by atoms with van der Waals surface area (Å²) in [5.74, 6) is 1.66. The van der Waals surface area contributed by atoms with E-state index in [2.05, 4.69) is 7.11 Å². The lowest BCUT2D eigenvalue weighted by Gasteiger charge is -2.06. The van der Waals surface area contributed by atoms with E-state index >= 15 is 0 Å². The predicted octanol–water partition coefficient (Wildman–Crippen LogP) is 3.79. The van der Waals surface area contributed by atoms with Crippen LogP contribution in [-0.2, 0) is 11.3 Å². The van der Waals surface area contributed by atoms with Gasteiger partial charge in [-0.1, -0.05) is 30.3 Å². The molecule has 81 valence electrons. The molecule has 0 aliphatic rings. The number of hydrogen-bond acceptors (Lipinski definition) is 2. The van der Waals surface area contributed by atoms with Gasteiger partial charge < -0.3 is 9.47 Å². The Morgan fingerprint density at radius 3 is 2.06 bits per heavy atom. The first-order chi connectivity index (χ1) is 7.88. The van der Waals surface area contributed by atoms with E-state index in [1.54, 1.807) is 0 Å². The van der Waals surface area contributed by atoms with Crippen LogP contribution >= 0.6 is 0 Å². The van der Waals surface area contributed by atoms with Crippen LogP contribution in [0, 0.1) is 7.11 Å². The Bertz CT molecular complexity index is 420. The largest absolute Gasteiger partial charge is 0.457 e. The van der Waals surface area contributed by atoms with Crippen molar-refractivity contribution in [1.82, 2.24) is 0 Å². The van der Waals surface area contributed by atoms with Crippen molar-refractivity contribution < 1.29 is 9.47 Å². The van der Waals surface area contributed by atoms with Gasteiger partial charge in [-0.3, -0.25) is 0 Å². The average molecular weight is 213 g/mol. The average Bonchev–Trinajstić information content (AvgIpc) is 2.33. The summed E-state index contributed by atoms with van der Waals surface area (Å²) in [5, 5.41) is 0. The molecule has 1 radical (unpaired) electrons. The Balaban J connectivity index is 2.05. The van der Waals surface area contributed by atoms with E-state index in [1.807, 2.05) is 54.6 Å². The molecule has 0 saturated carbocycles. The van der Waals surface area contributed by atoms with Gasteiger partial charge in [-0.2, -0.15) is 0 Å². The van der Waals surface area contributed by atoms with E-state index in [0.29, 0.717) is 6.61 Å². The lowest BCUT2D eigenvalue weighted by Crippen LogP contribution is -1.87. The molecule has 0 N–H and O–H groups in total. The molecule has 2 aromatic rings. The van der Waals surface area contributed by atoms with Gasteiger partial charge in [0.25, 0.3) is 0 Å². The van der Waals surface area contributed by atoms with E-state index in [9.17, 15) is 0 Å². The summed E-state index contributed by atoms with van der Waals surface area (Å²) < 4.78 is 10.5. The number of hydrogen-bond donors (Lipinski definition) is 0. The molecule has 2 aromatic carbocycles. The third kappa shape index (κ3) is 2.84. The number of benzene rings is 2. The monoisotopic (exact) mass is 213 g/mol. The maximum absolute atomic E-state index is 5.66. The van der Waals surface area contributed by atoms with Crippen molar-refractivity contribution in [2.45, 2.75) is 6.61 Å². The Morgan fingerprint density at radius 2 is 1.44 bits per heavy atom. The molecule has 0 saturated heterocycles. The summed E-state index contributed by atoms with van der Waals surface area (Å²) in [6, 6.07) is 17.5. The van der Waals surface area contributed by atoms with Crippen LogP contribution in [-0.4, -0.2) is 0 Å². The Kier molecular flexibility index (Phi) is 3.57. The molecule has 0 amide bonds. The number of ether oxygens (including phenoxy) is 2. The van der Waals surface area contributed by atoms with Crippen LogP contribution in [0.1, 0.15) is 5.56 Å². The number of para-hydroxylation sites is 1. The fraction of sp³-hybridized carbons (Fsp3) is 0.0714. The Labute approximate surface area is 95.4 Å². The van der Waals surface area contributed by atoms with Crippen molar-refractivity contribution in [1.29, 1.82) is 0 Å². The van der Waals surface area contributed by atoms with E-state index in [4.69, 9.17) is 9.47 Å². The van der Waals surface area contributed by atoms with Crippen LogP contribution in [0.3, 0.4) is 0 Å². The van der Waals surface area contributed by atoms with Crippen LogP contribution in [0.4, 0.5) is 0 Å². The van der Waals surface area contributed by atoms with Crippen LogP contribution in [0.5, 0.6) is 11.5 Å². The molecule has 2 heteroatoms. The molecule has 0 fully saturated rings. The highest BCUT2D eigenvalue weighted by Gasteiger charge is 1.96. The summed E-state index contributed by atoms with van der Waals surface area (Å²) >= 11 is 0. The van der Waals surface area contributed by atoms with E-state index in [0.717, 1.165) is 17.1 Å². The van der Waals surface area contributed by atoms with Crippen molar-refractivity contribution in [3.8, 4) is 11.5 Å². The fourth-order valence-electron chi connectivity index (χ4n) is 1.40. The summed E-state index contributed by atoms with van der Waals surface area (Å²) in [6.07, 6.45) is 0. The third-order valence-electron chi connectivity index (χ3n) is 2.17. The minimum absolute atomic E-state index is 0.519. The van der Waals surface area contributed by atoms with Crippen molar-refractivity contribution in [2.75, 3.05) is 0 Å². The summed E-state index contributed by atoms with van der Waals surface area (Å²) in [5.41, 5.74) is 1.08. The van der Waals surface area contributed by atoms with Gasteiger partial charge in [0.2, 0.25) is 0 Å². The van der Waals surface area contributed by atoms with Gasteiger partial charge in [0.15, 0.2) is 0 Å². The minimum atomic E-state index is 0.519. The third-order valence-corrected chi connectivity index (χ3v) is 2.17. The highest BCUT2D eigenvalue weighted by molar-refractivity contribution is 5.32. The van der Waals surface area contributed by atoms with Crippen LogP contribution in [0.2, 0.25) is 0 Å². The zero-order valence-electron chi connectivity index (χ0n) is 8.93. The highest BCUT2D eigenvalue weighted by Crippen LogP contribution is 2.21. The summed E-state index contributed by atoms with van der Waals surface area (Å²) in [4.78, 5) is 0. The normalized spacial score (nSPS) is 10.1. The first-order valence-corrected chi connectivity index (χ1v) is 5.07. The SMILES string of the molecule is [CH2]OCc1ccc(Oc2ccccc2)cc1. The maximum atomic E-state index is 5.66. The van der Waals surface area contributed by atoms with Gasteiger partial charge in [0.1, 0.15) is 11.5 Å². The second-order valence-electron chi connectivity index (χ2n) is 3.41. The standard InChI is InChI=1S/C14H13O2/c1-15-11-12-7-9-14(10-8-12)16-13-5-3-2-4-6-13/h2-10H,1,11H2. The second kappa shape index (κ2) is 5.33. The first-order valence-electron chi connectivity index (χ1n) is 5.07. The molecule has 0 heterocycles. The topological polar surface area (TPSA) is 18.5 Å². The lowest BCUT2D eigenvalue weighted by atomic mass is 10.2. The first kappa shape index (κ1) is 10.7. The highest BCUT2D eigenvalue weighted by atomic mass is 16.5. The summed E-state index contributed by atoms with van der Waals surface area (Å²) in [6.45, 7) is 0.519. The van der Waals surface area contributed by atoms with Crippen molar-refractivity contribution in [3.63, 3.8) is 0 Å². The van der Waals surface area contributed by atoms with Crippen LogP contribution in [0.25, 0.3) is 0 Å². The van der Waals surface area contributed by atoms with Crippen molar-refractivity contribution in [3.05, 3.63) is 67.3 Å². The van der Waals surface area contributed by atoms with E-state index in [-0.39, 0.29) is 0 Å². The van der Waals surface area contributed by atoms with Gasteiger partial charge in [0, 0.05) is 0 Å². The molecule has 0 bridgehead atoms. The van der Waals surface area contributed by atoms with Gasteiger partial charge in [-0.25, -0.2) is 0 Å². The molecule has 2 rings (SSSR count). The van der Waals surface area contributed by atoms with Gasteiger partial charge in [0.05, 0.1) is 13.7 Å². The molecular formula is C14H13O2. The smallest absolute Gasteiger partial charge is 0.127 e. The second-order valence-corrected chi connectivity index (χ2v) is 3.41. The molecule has 0 spiro atoms. The minimum Gasteiger partial charge on any atom is -0.457 e. The van der Waals surface area contributed by atoms with Crippen molar-refractivity contribution >= 4 is 0 Å². The molecule has 16 heavy (non-hydrogen) atoms. The zero-order valence-corrected chi connectivity index (χ0v) is 8.93. The quantitative estimate of drug-likeness (QED) is 0.769. The summed E-state index contributed by atoms with van der Waals surface area (Å²) in [7, 11) is 3.34. The van der Waals surface area contributed by atoms with Crippen LogP contribution in [0.15, 0.2) is 54.6 Å².